The van der Waals surface area contributed by atoms with E-state index < -0.39 is 0 Å². The van der Waals surface area contributed by atoms with E-state index in [1.54, 1.807) is 0 Å². The highest BCUT2D eigenvalue weighted by atomic mass is 79.9. The largest absolute Gasteiger partial charge is 0.352 e. The van der Waals surface area contributed by atoms with E-state index in [0.717, 1.165) is 34.3 Å². The minimum Gasteiger partial charge on any atom is -0.352 e. The molecular weight excluding hydrogens is 308 g/mol. The van der Waals surface area contributed by atoms with Crippen LogP contribution in [0, 0.1) is 0 Å². The Balaban J connectivity index is 2.27. The van der Waals surface area contributed by atoms with Gasteiger partial charge in [0.1, 0.15) is 5.82 Å². The van der Waals surface area contributed by atoms with E-state index in [0.29, 0.717) is 0 Å². The SMILES string of the molecule is Brc1cnc(N2CC=CCC2)c(Br)c1. The number of hydrogen-bond acceptors (Lipinski definition) is 2. The number of aromatic nitrogens is 1. The van der Waals surface area contributed by atoms with Crippen LogP contribution in [0.15, 0.2) is 33.4 Å². The third kappa shape index (κ3) is 2.17. The molecule has 2 nitrogen and oxygen atoms in total. The third-order valence-corrected chi connectivity index (χ3v) is 3.16. The van der Waals surface area contributed by atoms with Gasteiger partial charge in [-0.1, -0.05) is 12.2 Å². The number of anilines is 1. The first-order chi connectivity index (χ1) is 6.77. The Labute approximate surface area is 100 Å². The summed E-state index contributed by atoms with van der Waals surface area (Å²) in [5, 5.41) is 0. The fourth-order valence-corrected chi connectivity index (χ4v) is 2.71. The van der Waals surface area contributed by atoms with Gasteiger partial charge in [0.15, 0.2) is 0 Å². The van der Waals surface area contributed by atoms with Gasteiger partial charge in [-0.15, -0.1) is 0 Å². The molecule has 1 aromatic rings. The highest BCUT2D eigenvalue weighted by molar-refractivity contribution is 9.11. The lowest BCUT2D eigenvalue weighted by Crippen LogP contribution is -2.27. The van der Waals surface area contributed by atoms with Crippen molar-refractivity contribution in [1.29, 1.82) is 0 Å². The first kappa shape index (κ1) is 10.2. The van der Waals surface area contributed by atoms with Crippen LogP contribution >= 0.6 is 31.9 Å². The molecule has 1 aromatic heterocycles. The lowest BCUT2D eigenvalue weighted by atomic mass is 10.2. The average molecular weight is 318 g/mol. The number of halogens is 2. The van der Waals surface area contributed by atoms with Crippen LogP contribution in [0.5, 0.6) is 0 Å². The van der Waals surface area contributed by atoms with Crippen molar-refractivity contribution in [3.8, 4) is 0 Å². The Morgan fingerprint density at radius 1 is 1.29 bits per heavy atom. The van der Waals surface area contributed by atoms with Gasteiger partial charge in [0.05, 0.1) is 4.47 Å². The zero-order valence-electron chi connectivity index (χ0n) is 7.58. The Morgan fingerprint density at radius 3 is 2.79 bits per heavy atom. The molecule has 2 rings (SSSR count). The van der Waals surface area contributed by atoms with Crippen molar-refractivity contribution in [2.75, 3.05) is 18.0 Å². The molecule has 0 amide bonds. The molecule has 0 saturated heterocycles. The molecular formula is C10H10Br2N2. The lowest BCUT2D eigenvalue weighted by Gasteiger charge is -2.25. The Hall–Kier alpha value is -0.350. The number of hydrogen-bond donors (Lipinski definition) is 0. The molecule has 0 radical (unpaired) electrons. The van der Waals surface area contributed by atoms with Crippen LogP contribution in [0.4, 0.5) is 5.82 Å². The maximum Gasteiger partial charge on any atom is 0.143 e. The summed E-state index contributed by atoms with van der Waals surface area (Å²) >= 11 is 6.92. The molecule has 2 heterocycles. The van der Waals surface area contributed by atoms with Crippen LogP contribution in [0.3, 0.4) is 0 Å². The normalized spacial score (nSPS) is 16.0. The molecule has 14 heavy (non-hydrogen) atoms. The predicted molar refractivity (Wildman–Crippen MR) is 65.6 cm³/mol. The summed E-state index contributed by atoms with van der Waals surface area (Å²) in [6.45, 7) is 2.00. The van der Waals surface area contributed by atoms with Gasteiger partial charge < -0.3 is 4.90 Å². The van der Waals surface area contributed by atoms with Crippen LogP contribution in [0.25, 0.3) is 0 Å². The molecule has 0 saturated carbocycles. The second-order valence-corrected chi connectivity index (χ2v) is 4.94. The molecule has 0 aliphatic carbocycles. The first-order valence-corrected chi connectivity index (χ1v) is 6.07. The molecule has 0 bridgehead atoms. The predicted octanol–water partition coefficient (Wildman–Crippen LogP) is 3.37. The third-order valence-electron chi connectivity index (χ3n) is 2.15. The van der Waals surface area contributed by atoms with E-state index in [9.17, 15) is 0 Å². The lowest BCUT2D eigenvalue weighted by molar-refractivity contribution is 0.803. The summed E-state index contributed by atoms with van der Waals surface area (Å²) in [6.07, 6.45) is 7.32. The van der Waals surface area contributed by atoms with Crippen molar-refractivity contribution in [3.63, 3.8) is 0 Å². The molecule has 0 atom stereocenters. The van der Waals surface area contributed by atoms with Crippen molar-refractivity contribution >= 4 is 37.7 Å². The van der Waals surface area contributed by atoms with Gasteiger partial charge >= 0.3 is 0 Å². The van der Waals surface area contributed by atoms with Gasteiger partial charge in [-0.2, -0.15) is 0 Å². The number of nitrogens with zero attached hydrogens (tertiary/aromatic N) is 2. The van der Waals surface area contributed by atoms with Crippen LogP contribution in [-0.2, 0) is 0 Å². The van der Waals surface area contributed by atoms with E-state index in [1.165, 1.54) is 0 Å². The zero-order chi connectivity index (χ0) is 9.97. The first-order valence-electron chi connectivity index (χ1n) is 4.48. The maximum absolute atomic E-state index is 4.40. The fourth-order valence-electron chi connectivity index (χ4n) is 1.47. The molecule has 0 N–H and O–H groups in total. The Kier molecular flexibility index (Phi) is 3.23. The van der Waals surface area contributed by atoms with Crippen molar-refractivity contribution < 1.29 is 0 Å². The van der Waals surface area contributed by atoms with Crippen LogP contribution in [0.1, 0.15) is 6.42 Å². The molecule has 4 heteroatoms. The average Bonchev–Trinajstić information content (AvgIpc) is 2.19. The topological polar surface area (TPSA) is 16.1 Å². The van der Waals surface area contributed by atoms with E-state index in [2.05, 4.69) is 53.9 Å². The quantitative estimate of drug-likeness (QED) is 0.738. The van der Waals surface area contributed by atoms with Gasteiger partial charge in [0.2, 0.25) is 0 Å². The summed E-state index contributed by atoms with van der Waals surface area (Å²) in [5.41, 5.74) is 0. The summed E-state index contributed by atoms with van der Waals surface area (Å²) < 4.78 is 2.04. The van der Waals surface area contributed by atoms with E-state index in [4.69, 9.17) is 0 Å². The number of pyridine rings is 1. The molecule has 0 fully saturated rings. The minimum absolute atomic E-state index is 0.952. The highest BCUT2D eigenvalue weighted by Crippen LogP contribution is 2.27. The van der Waals surface area contributed by atoms with E-state index >= 15 is 0 Å². The second kappa shape index (κ2) is 4.45. The van der Waals surface area contributed by atoms with Crippen molar-refractivity contribution in [3.05, 3.63) is 33.4 Å². The van der Waals surface area contributed by atoms with Crippen molar-refractivity contribution in [2.24, 2.45) is 0 Å². The van der Waals surface area contributed by atoms with Gasteiger partial charge in [0.25, 0.3) is 0 Å². The molecule has 1 aliphatic heterocycles. The molecule has 0 aromatic carbocycles. The summed E-state index contributed by atoms with van der Waals surface area (Å²) in [5.74, 6) is 1.03. The van der Waals surface area contributed by atoms with Crippen molar-refractivity contribution in [1.82, 2.24) is 4.98 Å². The van der Waals surface area contributed by atoms with Gasteiger partial charge in [-0.3, -0.25) is 0 Å². The summed E-state index contributed by atoms with van der Waals surface area (Å²) in [4.78, 5) is 6.66. The zero-order valence-corrected chi connectivity index (χ0v) is 10.8. The van der Waals surface area contributed by atoms with Crippen LogP contribution < -0.4 is 4.90 Å². The summed E-state index contributed by atoms with van der Waals surface area (Å²) in [6, 6.07) is 2.03. The summed E-state index contributed by atoms with van der Waals surface area (Å²) in [7, 11) is 0. The second-order valence-electron chi connectivity index (χ2n) is 3.17. The van der Waals surface area contributed by atoms with E-state index in [1.807, 2.05) is 12.3 Å². The van der Waals surface area contributed by atoms with Gasteiger partial charge in [-0.05, 0) is 44.3 Å². The smallest absolute Gasteiger partial charge is 0.143 e. The molecule has 1 aliphatic rings. The fraction of sp³-hybridized carbons (Fsp3) is 0.300. The monoisotopic (exact) mass is 316 g/mol. The minimum atomic E-state index is 0.952. The van der Waals surface area contributed by atoms with Crippen LogP contribution in [0.2, 0.25) is 0 Å². The number of rotatable bonds is 1. The van der Waals surface area contributed by atoms with Crippen LogP contribution in [-0.4, -0.2) is 18.1 Å². The Bertz CT molecular complexity index is 363. The molecule has 0 unspecified atom stereocenters. The molecule has 0 spiro atoms. The highest BCUT2D eigenvalue weighted by Gasteiger charge is 2.11. The van der Waals surface area contributed by atoms with Gasteiger partial charge in [-0.25, -0.2) is 4.98 Å². The van der Waals surface area contributed by atoms with E-state index in [-0.39, 0.29) is 0 Å². The maximum atomic E-state index is 4.40. The molecule has 74 valence electrons. The Morgan fingerprint density at radius 2 is 2.14 bits per heavy atom. The van der Waals surface area contributed by atoms with Crippen molar-refractivity contribution in [2.45, 2.75) is 6.42 Å². The standard InChI is InChI=1S/C10H10Br2N2/c11-8-6-9(12)10(13-7-8)14-4-2-1-3-5-14/h1-2,6-7H,3-5H2. The van der Waals surface area contributed by atoms with Gasteiger partial charge in [0, 0.05) is 23.8 Å².